The van der Waals surface area contributed by atoms with Crippen molar-refractivity contribution < 1.29 is 9.90 Å². The molecule has 0 saturated carbocycles. The van der Waals surface area contributed by atoms with Gasteiger partial charge in [0.1, 0.15) is 11.4 Å². The summed E-state index contributed by atoms with van der Waals surface area (Å²) in [5, 5.41) is 14.3. The summed E-state index contributed by atoms with van der Waals surface area (Å²) in [4.78, 5) is 21.8. The number of benzene rings is 1. The summed E-state index contributed by atoms with van der Waals surface area (Å²) < 4.78 is 1.91. The fraction of sp³-hybridized carbons (Fsp3) is 0.565. The summed E-state index contributed by atoms with van der Waals surface area (Å²) in [5.74, 6) is 0.754. The van der Waals surface area contributed by atoms with Crippen LogP contribution >= 0.6 is 0 Å². The number of carbonyl (C=O) groups excluding carboxylic acids is 1. The Hall–Kier alpha value is -2.38. The molecular weight excluding hydrogens is 378 g/mol. The molecule has 3 fully saturated rings. The van der Waals surface area contributed by atoms with Crippen molar-refractivity contribution in [2.75, 3.05) is 29.9 Å². The maximum absolute atomic E-state index is 12.7. The molecule has 2 atom stereocenters. The molecule has 7 nitrogen and oxygen atoms in total. The fourth-order valence-electron chi connectivity index (χ4n) is 5.67. The molecule has 2 unspecified atom stereocenters. The SMILES string of the molecule is Cn1ccnc1C1(O)CC2CCC(C1)N2CC(=O)Nc1ccc(N2CCCC2)cc1. The van der Waals surface area contributed by atoms with Crippen LogP contribution in [0.25, 0.3) is 0 Å². The number of anilines is 2. The Labute approximate surface area is 177 Å². The van der Waals surface area contributed by atoms with Crippen LogP contribution in [0.4, 0.5) is 11.4 Å². The van der Waals surface area contributed by atoms with Gasteiger partial charge in [0.15, 0.2) is 0 Å². The molecule has 3 aliphatic heterocycles. The molecule has 7 heteroatoms. The Bertz CT molecular complexity index is 889. The van der Waals surface area contributed by atoms with E-state index >= 15 is 0 Å². The van der Waals surface area contributed by atoms with Crippen molar-refractivity contribution in [1.82, 2.24) is 14.5 Å². The smallest absolute Gasteiger partial charge is 0.238 e. The Morgan fingerprint density at radius 2 is 1.83 bits per heavy atom. The molecule has 2 aromatic rings. The first-order valence-corrected chi connectivity index (χ1v) is 11.1. The topological polar surface area (TPSA) is 73.6 Å². The average Bonchev–Trinajstić information content (AvgIpc) is 3.45. The minimum atomic E-state index is -0.900. The van der Waals surface area contributed by atoms with E-state index < -0.39 is 5.60 Å². The number of nitrogens with zero attached hydrogens (tertiary/aromatic N) is 4. The lowest BCUT2D eigenvalue weighted by Gasteiger charge is -2.43. The second-order valence-electron chi connectivity index (χ2n) is 9.15. The molecule has 160 valence electrons. The van der Waals surface area contributed by atoms with E-state index in [2.05, 4.69) is 32.2 Å². The summed E-state index contributed by atoms with van der Waals surface area (Å²) in [6.07, 6.45) is 9.44. The normalized spacial score (nSPS) is 28.8. The number of imidazole rings is 1. The number of aliphatic hydroxyl groups is 1. The number of rotatable bonds is 5. The number of amides is 1. The Balaban J connectivity index is 1.20. The monoisotopic (exact) mass is 409 g/mol. The van der Waals surface area contributed by atoms with Crippen LogP contribution in [-0.4, -0.2) is 57.2 Å². The van der Waals surface area contributed by atoms with Gasteiger partial charge >= 0.3 is 0 Å². The summed E-state index contributed by atoms with van der Waals surface area (Å²) in [6.45, 7) is 2.61. The molecule has 0 aliphatic carbocycles. The fourth-order valence-corrected chi connectivity index (χ4v) is 5.67. The molecule has 1 amide bonds. The number of aryl methyl sites for hydroxylation is 1. The van der Waals surface area contributed by atoms with Crippen LogP contribution in [0.2, 0.25) is 0 Å². The van der Waals surface area contributed by atoms with Crippen LogP contribution in [0.5, 0.6) is 0 Å². The van der Waals surface area contributed by atoms with Crippen LogP contribution in [-0.2, 0) is 17.4 Å². The van der Waals surface area contributed by atoms with Gasteiger partial charge in [0.25, 0.3) is 0 Å². The number of piperidine rings is 1. The van der Waals surface area contributed by atoms with Gasteiger partial charge in [-0.25, -0.2) is 4.98 Å². The molecular formula is C23H31N5O2. The summed E-state index contributed by atoms with van der Waals surface area (Å²) >= 11 is 0. The van der Waals surface area contributed by atoms with Crippen LogP contribution < -0.4 is 10.2 Å². The highest BCUT2D eigenvalue weighted by Gasteiger charge is 2.50. The molecule has 2 N–H and O–H groups in total. The Morgan fingerprint density at radius 3 is 2.43 bits per heavy atom. The highest BCUT2D eigenvalue weighted by atomic mass is 16.3. The van der Waals surface area contributed by atoms with Crippen molar-refractivity contribution in [3.63, 3.8) is 0 Å². The number of carbonyl (C=O) groups is 1. The predicted molar refractivity (Wildman–Crippen MR) is 116 cm³/mol. The minimum Gasteiger partial charge on any atom is -0.382 e. The van der Waals surface area contributed by atoms with Crippen molar-refractivity contribution in [2.45, 2.75) is 56.2 Å². The third kappa shape index (κ3) is 3.61. The van der Waals surface area contributed by atoms with E-state index in [1.165, 1.54) is 18.5 Å². The van der Waals surface area contributed by atoms with E-state index in [4.69, 9.17) is 0 Å². The molecule has 1 aromatic heterocycles. The van der Waals surface area contributed by atoms with Gasteiger partial charge in [0.2, 0.25) is 5.91 Å². The zero-order chi connectivity index (χ0) is 20.7. The Morgan fingerprint density at radius 1 is 1.17 bits per heavy atom. The molecule has 30 heavy (non-hydrogen) atoms. The van der Waals surface area contributed by atoms with E-state index in [1.54, 1.807) is 6.20 Å². The van der Waals surface area contributed by atoms with E-state index in [0.717, 1.165) is 37.4 Å². The van der Waals surface area contributed by atoms with Gasteiger partial charge in [0.05, 0.1) is 6.54 Å². The lowest BCUT2D eigenvalue weighted by molar-refractivity contribution is -0.121. The quantitative estimate of drug-likeness (QED) is 0.794. The number of hydrogen-bond acceptors (Lipinski definition) is 5. The van der Waals surface area contributed by atoms with Crippen molar-refractivity contribution in [1.29, 1.82) is 0 Å². The number of aromatic nitrogens is 2. The van der Waals surface area contributed by atoms with Gasteiger partial charge < -0.3 is 19.9 Å². The number of fused-ring (bicyclic) bond motifs is 2. The van der Waals surface area contributed by atoms with Gasteiger partial charge in [-0.15, -0.1) is 0 Å². The van der Waals surface area contributed by atoms with Crippen LogP contribution in [0.1, 0.15) is 44.3 Å². The maximum Gasteiger partial charge on any atom is 0.238 e. The van der Waals surface area contributed by atoms with Crippen molar-refractivity contribution in [3.8, 4) is 0 Å². The van der Waals surface area contributed by atoms with Gasteiger partial charge in [-0.05, 0) is 62.8 Å². The molecule has 0 spiro atoms. The minimum absolute atomic E-state index is 0.0169. The first kappa shape index (κ1) is 19.6. The van der Waals surface area contributed by atoms with Crippen LogP contribution in [0, 0.1) is 0 Å². The van der Waals surface area contributed by atoms with E-state index in [1.807, 2.05) is 29.9 Å². The van der Waals surface area contributed by atoms with Gasteiger partial charge in [-0.2, -0.15) is 0 Å². The van der Waals surface area contributed by atoms with E-state index in [9.17, 15) is 9.90 Å². The summed E-state index contributed by atoms with van der Waals surface area (Å²) in [7, 11) is 1.93. The van der Waals surface area contributed by atoms with Crippen LogP contribution in [0.3, 0.4) is 0 Å². The standard InChI is InChI=1S/C23H31N5O2/c1-26-13-10-24-22(26)23(30)14-19-8-9-20(15-23)28(19)16-21(29)25-17-4-6-18(7-5-17)27-11-2-3-12-27/h4-7,10,13,19-20,30H,2-3,8-9,11-12,14-16H2,1H3,(H,25,29). The third-order valence-electron chi connectivity index (χ3n) is 7.10. The molecule has 1 aromatic carbocycles. The first-order valence-electron chi connectivity index (χ1n) is 11.1. The molecule has 5 rings (SSSR count). The lowest BCUT2D eigenvalue weighted by atomic mass is 9.85. The predicted octanol–water partition coefficient (Wildman–Crippen LogP) is 2.47. The number of nitrogens with one attached hydrogen (secondary N) is 1. The van der Waals surface area contributed by atoms with E-state index in [0.29, 0.717) is 19.4 Å². The maximum atomic E-state index is 12.7. The van der Waals surface area contributed by atoms with Crippen LogP contribution in [0.15, 0.2) is 36.7 Å². The molecule has 2 bridgehead atoms. The summed E-state index contributed by atoms with van der Waals surface area (Å²) in [6, 6.07) is 8.62. The molecule has 3 saturated heterocycles. The zero-order valence-corrected chi connectivity index (χ0v) is 17.6. The zero-order valence-electron chi connectivity index (χ0n) is 17.6. The second-order valence-corrected chi connectivity index (χ2v) is 9.15. The summed E-state index contributed by atoms with van der Waals surface area (Å²) in [5.41, 5.74) is 1.17. The van der Waals surface area contributed by atoms with Gasteiger partial charge in [-0.1, -0.05) is 0 Å². The second kappa shape index (κ2) is 7.71. The third-order valence-corrected chi connectivity index (χ3v) is 7.10. The average molecular weight is 410 g/mol. The molecule has 4 heterocycles. The number of hydrogen-bond donors (Lipinski definition) is 2. The van der Waals surface area contributed by atoms with Crippen molar-refractivity contribution >= 4 is 17.3 Å². The lowest BCUT2D eigenvalue weighted by Crippen LogP contribution is -2.52. The van der Waals surface area contributed by atoms with Crippen molar-refractivity contribution in [3.05, 3.63) is 42.5 Å². The largest absolute Gasteiger partial charge is 0.382 e. The van der Waals surface area contributed by atoms with Crippen molar-refractivity contribution in [2.24, 2.45) is 7.05 Å². The van der Waals surface area contributed by atoms with Gasteiger partial charge in [-0.3, -0.25) is 9.69 Å². The molecule has 3 aliphatic rings. The van der Waals surface area contributed by atoms with E-state index in [-0.39, 0.29) is 18.0 Å². The molecule has 0 radical (unpaired) electrons. The van der Waals surface area contributed by atoms with Gasteiger partial charge in [0, 0.05) is 56.0 Å². The Kier molecular flexibility index (Phi) is 5.03. The first-order chi connectivity index (χ1) is 14.5. The highest BCUT2D eigenvalue weighted by Crippen LogP contribution is 2.45. The highest BCUT2D eigenvalue weighted by molar-refractivity contribution is 5.92.